The normalized spacial score (nSPS) is 19.2. The molecule has 0 spiro atoms. The number of benzene rings is 1. The molecule has 1 aromatic rings. The average Bonchev–Trinajstić information content (AvgIpc) is 2.37. The van der Waals surface area contributed by atoms with Crippen molar-refractivity contribution in [2.75, 3.05) is 20.2 Å². The fourth-order valence-corrected chi connectivity index (χ4v) is 2.22. The molecule has 0 aliphatic carbocycles. The molecular weight excluding hydrogens is 230 g/mol. The van der Waals surface area contributed by atoms with Crippen LogP contribution in [-0.2, 0) is 9.53 Å². The maximum Gasteiger partial charge on any atom is 0.256 e. The van der Waals surface area contributed by atoms with Crippen molar-refractivity contribution < 1.29 is 14.6 Å². The number of amides is 1. The second-order valence-electron chi connectivity index (χ2n) is 4.80. The number of methoxy groups -OCH3 is 1. The van der Waals surface area contributed by atoms with Gasteiger partial charge in [-0.2, -0.15) is 0 Å². The van der Waals surface area contributed by atoms with Crippen molar-refractivity contribution in [3.63, 3.8) is 0 Å². The Hall–Kier alpha value is -1.39. The summed E-state index contributed by atoms with van der Waals surface area (Å²) in [6, 6.07) is 9.41. The lowest BCUT2D eigenvalue weighted by Gasteiger charge is -2.47. The van der Waals surface area contributed by atoms with Gasteiger partial charge in [0.2, 0.25) is 0 Å². The molecule has 1 N–H and O–H groups in total. The van der Waals surface area contributed by atoms with Crippen LogP contribution in [-0.4, -0.2) is 41.7 Å². The Morgan fingerprint density at radius 2 is 2.06 bits per heavy atom. The highest BCUT2D eigenvalue weighted by Crippen LogP contribution is 2.28. The molecule has 1 amide bonds. The Bertz CT molecular complexity index is 412. The molecule has 1 saturated heterocycles. The van der Waals surface area contributed by atoms with E-state index in [1.54, 1.807) is 4.90 Å². The second kappa shape index (κ2) is 5.08. The van der Waals surface area contributed by atoms with E-state index in [1.807, 2.05) is 37.3 Å². The van der Waals surface area contributed by atoms with Crippen LogP contribution in [0.4, 0.5) is 0 Å². The summed E-state index contributed by atoms with van der Waals surface area (Å²) in [6.45, 7) is 2.72. The van der Waals surface area contributed by atoms with Gasteiger partial charge in [0.1, 0.15) is 0 Å². The molecule has 0 bridgehead atoms. The van der Waals surface area contributed by atoms with Crippen LogP contribution >= 0.6 is 0 Å². The molecule has 1 fully saturated rings. The Labute approximate surface area is 107 Å². The highest BCUT2D eigenvalue weighted by Gasteiger charge is 2.44. The lowest BCUT2D eigenvalue weighted by Crippen LogP contribution is -2.64. The van der Waals surface area contributed by atoms with E-state index in [-0.39, 0.29) is 5.91 Å². The first-order valence-electron chi connectivity index (χ1n) is 6.18. The topological polar surface area (TPSA) is 49.8 Å². The first-order valence-corrected chi connectivity index (χ1v) is 6.18. The molecule has 1 unspecified atom stereocenters. The number of aliphatic hydroxyl groups is 1. The minimum Gasteiger partial charge on any atom is -0.386 e. The van der Waals surface area contributed by atoms with Gasteiger partial charge in [0.25, 0.3) is 5.91 Å². The molecule has 4 heteroatoms. The fourth-order valence-electron chi connectivity index (χ4n) is 2.22. The Balaban J connectivity index is 2.05. The average molecular weight is 249 g/mol. The van der Waals surface area contributed by atoms with Crippen molar-refractivity contribution in [1.82, 2.24) is 4.90 Å². The number of rotatable bonds is 4. The summed E-state index contributed by atoms with van der Waals surface area (Å²) in [5.41, 5.74) is 0.141. The zero-order valence-corrected chi connectivity index (χ0v) is 10.8. The second-order valence-corrected chi connectivity index (χ2v) is 4.80. The van der Waals surface area contributed by atoms with Gasteiger partial charge in [-0.3, -0.25) is 4.79 Å². The van der Waals surface area contributed by atoms with E-state index in [4.69, 9.17) is 4.74 Å². The van der Waals surface area contributed by atoms with E-state index >= 15 is 0 Å². The number of nitrogens with zero attached hydrogens (tertiary/aromatic N) is 1. The zero-order valence-electron chi connectivity index (χ0n) is 10.8. The highest BCUT2D eigenvalue weighted by atomic mass is 16.5. The molecular formula is C14H19NO3. The summed E-state index contributed by atoms with van der Waals surface area (Å²) in [7, 11) is 1.53. The van der Waals surface area contributed by atoms with Gasteiger partial charge >= 0.3 is 0 Å². The van der Waals surface area contributed by atoms with Crippen LogP contribution in [0.5, 0.6) is 0 Å². The number of carbonyl (C=O) groups excluding carboxylic acids is 1. The molecule has 0 aromatic heterocycles. The van der Waals surface area contributed by atoms with Gasteiger partial charge in [0, 0.05) is 7.11 Å². The first kappa shape index (κ1) is 13.1. The minimum atomic E-state index is -0.704. The van der Waals surface area contributed by atoms with Crippen LogP contribution in [0.15, 0.2) is 30.3 Å². The number of hydrogen-bond donors (Lipinski definition) is 1. The van der Waals surface area contributed by atoms with Gasteiger partial charge in [-0.05, 0) is 12.0 Å². The molecule has 1 heterocycles. The van der Waals surface area contributed by atoms with Crippen LogP contribution in [0.2, 0.25) is 0 Å². The van der Waals surface area contributed by atoms with Crippen molar-refractivity contribution in [2.45, 2.75) is 25.0 Å². The van der Waals surface area contributed by atoms with Gasteiger partial charge < -0.3 is 14.7 Å². The number of likely N-dealkylation sites (tertiary alicyclic amines) is 1. The lowest BCUT2D eigenvalue weighted by molar-refractivity contribution is -0.166. The molecule has 2 rings (SSSR count). The highest BCUT2D eigenvalue weighted by molar-refractivity contribution is 5.83. The molecule has 4 nitrogen and oxygen atoms in total. The van der Waals surface area contributed by atoms with Crippen LogP contribution in [0.1, 0.15) is 25.0 Å². The van der Waals surface area contributed by atoms with Crippen molar-refractivity contribution in [3.05, 3.63) is 35.9 Å². The van der Waals surface area contributed by atoms with Crippen LogP contribution < -0.4 is 0 Å². The first-order chi connectivity index (χ1) is 8.59. The SMILES string of the molecule is CCC1(O)CN(C(=O)C(OC)c2ccccc2)C1. The zero-order chi connectivity index (χ0) is 13.2. The molecule has 0 saturated carbocycles. The fraction of sp³-hybridized carbons (Fsp3) is 0.500. The standard InChI is InChI=1S/C14H19NO3/c1-3-14(17)9-15(10-14)13(16)12(18-2)11-7-5-4-6-8-11/h4-8,12,17H,3,9-10H2,1-2H3. The molecule has 18 heavy (non-hydrogen) atoms. The third kappa shape index (κ3) is 2.40. The monoisotopic (exact) mass is 249 g/mol. The lowest BCUT2D eigenvalue weighted by atomic mass is 9.90. The van der Waals surface area contributed by atoms with E-state index in [0.717, 1.165) is 5.56 Å². The van der Waals surface area contributed by atoms with E-state index in [1.165, 1.54) is 7.11 Å². The summed E-state index contributed by atoms with van der Waals surface area (Å²) >= 11 is 0. The Morgan fingerprint density at radius 3 is 2.56 bits per heavy atom. The molecule has 1 aliphatic heterocycles. The maximum atomic E-state index is 12.3. The summed E-state index contributed by atoms with van der Waals surface area (Å²) in [5, 5.41) is 9.93. The van der Waals surface area contributed by atoms with E-state index in [9.17, 15) is 9.90 Å². The largest absolute Gasteiger partial charge is 0.386 e. The maximum absolute atomic E-state index is 12.3. The quantitative estimate of drug-likeness (QED) is 0.876. The third-order valence-corrected chi connectivity index (χ3v) is 3.50. The van der Waals surface area contributed by atoms with Gasteiger partial charge in [-0.1, -0.05) is 37.3 Å². The van der Waals surface area contributed by atoms with Crippen LogP contribution in [0.3, 0.4) is 0 Å². The van der Waals surface area contributed by atoms with E-state index in [2.05, 4.69) is 0 Å². The summed E-state index contributed by atoms with van der Waals surface area (Å²) in [6.07, 6.45) is 0.0901. The number of β-amino-alcohol motifs (C(OH)–C–C–N with tert-alkyl or cyclic N) is 1. The van der Waals surface area contributed by atoms with Crippen LogP contribution in [0.25, 0.3) is 0 Å². The molecule has 1 aromatic carbocycles. The predicted octanol–water partition coefficient (Wildman–Crippen LogP) is 1.36. The van der Waals surface area contributed by atoms with Gasteiger partial charge in [-0.15, -0.1) is 0 Å². The minimum absolute atomic E-state index is 0.0816. The number of hydrogen-bond acceptors (Lipinski definition) is 3. The van der Waals surface area contributed by atoms with Crippen molar-refractivity contribution in [1.29, 1.82) is 0 Å². The summed E-state index contributed by atoms with van der Waals surface area (Å²) in [4.78, 5) is 13.9. The van der Waals surface area contributed by atoms with Crippen molar-refractivity contribution in [2.24, 2.45) is 0 Å². The third-order valence-electron chi connectivity index (χ3n) is 3.50. The number of ether oxygens (including phenoxy) is 1. The van der Waals surface area contributed by atoms with Gasteiger partial charge in [-0.25, -0.2) is 0 Å². The van der Waals surface area contributed by atoms with Gasteiger partial charge in [0.05, 0.1) is 18.7 Å². The Morgan fingerprint density at radius 1 is 1.44 bits per heavy atom. The van der Waals surface area contributed by atoms with E-state index < -0.39 is 11.7 Å². The summed E-state index contributed by atoms with van der Waals surface area (Å²) in [5.74, 6) is -0.0816. The molecule has 98 valence electrons. The van der Waals surface area contributed by atoms with Gasteiger partial charge in [0.15, 0.2) is 6.10 Å². The predicted molar refractivity (Wildman–Crippen MR) is 68.0 cm³/mol. The van der Waals surface area contributed by atoms with E-state index in [0.29, 0.717) is 19.5 Å². The molecule has 0 radical (unpaired) electrons. The van der Waals surface area contributed by atoms with Crippen molar-refractivity contribution in [3.8, 4) is 0 Å². The van der Waals surface area contributed by atoms with Crippen molar-refractivity contribution >= 4 is 5.91 Å². The molecule has 1 aliphatic rings. The number of carbonyl (C=O) groups is 1. The molecule has 1 atom stereocenters. The summed E-state index contributed by atoms with van der Waals surface area (Å²) < 4.78 is 5.28. The van der Waals surface area contributed by atoms with Crippen LogP contribution in [0, 0.1) is 0 Å². The Kier molecular flexibility index (Phi) is 3.68. The smallest absolute Gasteiger partial charge is 0.256 e.